The van der Waals surface area contributed by atoms with Gasteiger partial charge in [0.15, 0.2) is 0 Å². The molecule has 0 spiro atoms. The normalized spacial score (nSPS) is 14.2. The molecule has 0 saturated heterocycles. The summed E-state index contributed by atoms with van der Waals surface area (Å²) in [5.74, 6) is -0.636. The molecule has 0 fully saturated rings. The van der Waals surface area contributed by atoms with Crippen molar-refractivity contribution in [1.82, 2.24) is 0 Å². The zero-order valence-corrected chi connectivity index (χ0v) is 9.68. The Balaban J connectivity index is 2.20. The lowest BCUT2D eigenvalue weighted by molar-refractivity contribution is 0.567. The Morgan fingerprint density at radius 2 is 0.889 bits per heavy atom. The van der Waals surface area contributed by atoms with E-state index in [1.165, 1.54) is 24.3 Å². The molecule has 0 radical (unpaired) electrons. The lowest BCUT2D eigenvalue weighted by atomic mass is 9.95. The van der Waals surface area contributed by atoms with Crippen LogP contribution >= 0.6 is 0 Å². The number of hydrogen-bond donors (Lipinski definition) is 2. The summed E-state index contributed by atoms with van der Waals surface area (Å²) in [7, 11) is 0. The third-order valence-electron chi connectivity index (χ3n) is 2.90. The quantitative estimate of drug-likeness (QED) is 0.877. The third kappa shape index (κ3) is 2.72. The van der Waals surface area contributed by atoms with E-state index in [1.807, 2.05) is 0 Å². The molecule has 2 aromatic carbocycles. The molecule has 94 valence electrons. The molecule has 0 saturated carbocycles. The van der Waals surface area contributed by atoms with Crippen molar-refractivity contribution in [3.05, 3.63) is 71.3 Å². The smallest absolute Gasteiger partial charge is 0.123 e. The van der Waals surface area contributed by atoms with E-state index in [1.54, 1.807) is 24.3 Å². The van der Waals surface area contributed by atoms with Gasteiger partial charge < -0.3 is 11.5 Å². The van der Waals surface area contributed by atoms with Gasteiger partial charge in [-0.3, -0.25) is 0 Å². The van der Waals surface area contributed by atoms with Crippen LogP contribution in [0.5, 0.6) is 0 Å². The van der Waals surface area contributed by atoms with Gasteiger partial charge in [0.05, 0.1) is 0 Å². The molecule has 2 aromatic rings. The molecule has 2 nitrogen and oxygen atoms in total. The average Bonchev–Trinajstić information content (AvgIpc) is 2.39. The molecule has 0 unspecified atom stereocenters. The van der Waals surface area contributed by atoms with Crippen molar-refractivity contribution in [2.24, 2.45) is 11.5 Å². The van der Waals surface area contributed by atoms with E-state index in [0.29, 0.717) is 0 Å². The van der Waals surface area contributed by atoms with Crippen LogP contribution in [0.15, 0.2) is 48.5 Å². The molecule has 0 bridgehead atoms. The van der Waals surface area contributed by atoms with E-state index < -0.39 is 12.1 Å². The van der Waals surface area contributed by atoms with Crippen LogP contribution in [0, 0.1) is 11.6 Å². The molecular weight excluding hydrogens is 234 g/mol. The first kappa shape index (κ1) is 12.7. The Hall–Kier alpha value is -1.78. The van der Waals surface area contributed by atoms with Crippen LogP contribution in [0.25, 0.3) is 0 Å². The second-order valence-corrected chi connectivity index (χ2v) is 4.15. The molecule has 18 heavy (non-hydrogen) atoms. The summed E-state index contributed by atoms with van der Waals surface area (Å²) in [5, 5.41) is 0. The lowest BCUT2D eigenvalue weighted by Crippen LogP contribution is -2.26. The highest BCUT2D eigenvalue weighted by atomic mass is 19.1. The standard InChI is InChI=1S/C14H14F2N2/c15-11-5-1-9(2-6-11)13(17)14(18)10-3-7-12(16)8-4-10/h1-8,13-14H,17-18H2/t13-,14-/m0/s1. The predicted molar refractivity (Wildman–Crippen MR) is 66.7 cm³/mol. The maximum atomic E-state index is 12.8. The number of halogens is 2. The van der Waals surface area contributed by atoms with E-state index in [0.717, 1.165) is 11.1 Å². The monoisotopic (exact) mass is 248 g/mol. The highest BCUT2D eigenvalue weighted by Gasteiger charge is 2.17. The summed E-state index contributed by atoms with van der Waals surface area (Å²) in [5.41, 5.74) is 13.5. The largest absolute Gasteiger partial charge is 0.322 e. The van der Waals surface area contributed by atoms with Crippen molar-refractivity contribution in [3.63, 3.8) is 0 Å². The van der Waals surface area contributed by atoms with Gasteiger partial charge in [-0.15, -0.1) is 0 Å². The predicted octanol–water partition coefficient (Wildman–Crippen LogP) is 2.66. The second kappa shape index (κ2) is 5.25. The molecule has 0 aliphatic rings. The number of hydrogen-bond acceptors (Lipinski definition) is 2. The maximum absolute atomic E-state index is 12.8. The Bertz CT molecular complexity index is 459. The van der Waals surface area contributed by atoms with Gasteiger partial charge in [0, 0.05) is 12.1 Å². The van der Waals surface area contributed by atoms with Crippen LogP contribution < -0.4 is 11.5 Å². The van der Waals surface area contributed by atoms with E-state index in [-0.39, 0.29) is 11.6 Å². The summed E-state index contributed by atoms with van der Waals surface area (Å²) < 4.78 is 25.6. The minimum atomic E-state index is -0.462. The van der Waals surface area contributed by atoms with Crippen LogP contribution in [0.2, 0.25) is 0 Å². The minimum absolute atomic E-state index is 0.318. The third-order valence-corrected chi connectivity index (χ3v) is 2.90. The summed E-state index contributed by atoms with van der Waals surface area (Å²) >= 11 is 0. The summed E-state index contributed by atoms with van der Waals surface area (Å²) in [6.07, 6.45) is 0. The van der Waals surface area contributed by atoms with E-state index >= 15 is 0 Å². The van der Waals surface area contributed by atoms with Crippen LogP contribution in [-0.2, 0) is 0 Å². The first-order valence-corrected chi connectivity index (χ1v) is 5.60. The zero-order chi connectivity index (χ0) is 13.1. The van der Waals surface area contributed by atoms with Crippen molar-refractivity contribution in [2.75, 3.05) is 0 Å². The van der Waals surface area contributed by atoms with Crippen LogP contribution in [0.1, 0.15) is 23.2 Å². The number of benzene rings is 2. The van der Waals surface area contributed by atoms with Crippen LogP contribution in [-0.4, -0.2) is 0 Å². The van der Waals surface area contributed by atoms with Crippen molar-refractivity contribution in [3.8, 4) is 0 Å². The highest BCUT2D eigenvalue weighted by molar-refractivity contribution is 5.27. The maximum Gasteiger partial charge on any atom is 0.123 e. The van der Waals surface area contributed by atoms with E-state index in [2.05, 4.69) is 0 Å². The topological polar surface area (TPSA) is 52.0 Å². The molecule has 0 aliphatic carbocycles. The van der Waals surface area contributed by atoms with Crippen molar-refractivity contribution < 1.29 is 8.78 Å². The molecular formula is C14H14F2N2. The van der Waals surface area contributed by atoms with Gasteiger partial charge >= 0.3 is 0 Å². The molecule has 0 aromatic heterocycles. The lowest BCUT2D eigenvalue weighted by Gasteiger charge is -2.20. The minimum Gasteiger partial charge on any atom is -0.322 e. The van der Waals surface area contributed by atoms with Gasteiger partial charge in [-0.05, 0) is 35.4 Å². The fourth-order valence-corrected chi connectivity index (χ4v) is 1.78. The Morgan fingerprint density at radius 1 is 0.611 bits per heavy atom. The first-order chi connectivity index (χ1) is 8.58. The van der Waals surface area contributed by atoms with E-state index in [9.17, 15) is 8.78 Å². The van der Waals surface area contributed by atoms with Crippen molar-refractivity contribution in [1.29, 1.82) is 0 Å². The zero-order valence-electron chi connectivity index (χ0n) is 9.68. The Kier molecular flexibility index (Phi) is 3.69. The highest BCUT2D eigenvalue weighted by Crippen LogP contribution is 2.24. The summed E-state index contributed by atoms with van der Waals surface area (Å²) in [4.78, 5) is 0. The first-order valence-electron chi connectivity index (χ1n) is 5.60. The van der Waals surface area contributed by atoms with Gasteiger partial charge in [0.25, 0.3) is 0 Å². The Labute approximate surface area is 104 Å². The molecule has 2 atom stereocenters. The Morgan fingerprint density at radius 3 is 1.17 bits per heavy atom. The van der Waals surface area contributed by atoms with Crippen LogP contribution in [0.4, 0.5) is 8.78 Å². The van der Waals surface area contributed by atoms with Gasteiger partial charge in [0.2, 0.25) is 0 Å². The molecule has 4 N–H and O–H groups in total. The number of nitrogens with two attached hydrogens (primary N) is 2. The fraction of sp³-hybridized carbons (Fsp3) is 0.143. The molecule has 0 amide bonds. The van der Waals surface area contributed by atoms with Crippen molar-refractivity contribution >= 4 is 0 Å². The van der Waals surface area contributed by atoms with E-state index in [4.69, 9.17) is 11.5 Å². The van der Waals surface area contributed by atoms with Crippen molar-refractivity contribution in [2.45, 2.75) is 12.1 Å². The number of rotatable bonds is 3. The molecule has 0 aliphatic heterocycles. The van der Waals surface area contributed by atoms with Gasteiger partial charge in [-0.1, -0.05) is 24.3 Å². The van der Waals surface area contributed by atoms with Gasteiger partial charge in [-0.2, -0.15) is 0 Å². The van der Waals surface area contributed by atoms with Crippen LogP contribution in [0.3, 0.4) is 0 Å². The molecule has 4 heteroatoms. The molecule has 0 heterocycles. The second-order valence-electron chi connectivity index (χ2n) is 4.15. The molecule has 2 rings (SSSR count). The average molecular weight is 248 g/mol. The summed E-state index contributed by atoms with van der Waals surface area (Å²) in [6.45, 7) is 0. The van der Waals surface area contributed by atoms with Gasteiger partial charge in [0.1, 0.15) is 11.6 Å². The van der Waals surface area contributed by atoms with Gasteiger partial charge in [-0.25, -0.2) is 8.78 Å². The SMILES string of the molecule is N[C@@H](c1ccc(F)cc1)[C@@H](N)c1ccc(F)cc1. The summed E-state index contributed by atoms with van der Waals surface area (Å²) in [6, 6.07) is 10.8. The fourth-order valence-electron chi connectivity index (χ4n) is 1.78.